The van der Waals surface area contributed by atoms with Gasteiger partial charge in [0.05, 0.1) is 10.9 Å². The van der Waals surface area contributed by atoms with Crippen molar-refractivity contribution < 1.29 is 18.7 Å². The van der Waals surface area contributed by atoms with Crippen LogP contribution >= 0.6 is 15.9 Å². The van der Waals surface area contributed by atoms with Crippen molar-refractivity contribution in [2.75, 3.05) is 0 Å². The summed E-state index contributed by atoms with van der Waals surface area (Å²) in [5.74, 6) is 1.40. The van der Waals surface area contributed by atoms with Crippen LogP contribution in [-0.4, -0.2) is 5.78 Å². The van der Waals surface area contributed by atoms with Crippen molar-refractivity contribution in [3.8, 4) is 34.1 Å². The van der Waals surface area contributed by atoms with Gasteiger partial charge in [0.2, 0.25) is 0 Å². The summed E-state index contributed by atoms with van der Waals surface area (Å²) in [5, 5.41) is 1.96. The summed E-state index contributed by atoms with van der Waals surface area (Å²) in [5.41, 5.74) is 2.81. The number of hydrogen-bond acceptors (Lipinski definition) is 4. The first-order chi connectivity index (χ1) is 17.1. The summed E-state index contributed by atoms with van der Waals surface area (Å²) in [6.45, 7) is 0. The van der Waals surface area contributed by atoms with Gasteiger partial charge >= 0.3 is 0 Å². The van der Waals surface area contributed by atoms with Gasteiger partial charge in [0.25, 0.3) is 5.79 Å². The standard InChI is InChI=1S/C30H17BrO4/c31-20-12-10-18(11-13-20)24-14-15-25(33-24)21-6-3-7-22-29(21)23(32)16-17-30(22)34-26-8-1-4-19-5-2-9-27(35-30)28(19)26/h1-17H. The fraction of sp³-hybridized carbons (Fsp3) is 0.0333. The molecule has 0 amide bonds. The largest absolute Gasteiger partial charge is 0.456 e. The minimum absolute atomic E-state index is 0.118. The Morgan fingerprint density at radius 3 is 2.14 bits per heavy atom. The summed E-state index contributed by atoms with van der Waals surface area (Å²) in [6.07, 6.45) is 3.23. The van der Waals surface area contributed by atoms with Crippen LogP contribution in [0.25, 0.3) is 33.4 Å². The van der Waals surface area contributed by atoms with E-state index in [4.69, 9.17) is 13.9 Å². The van der Waals surface area contributed by atoms with E-state index in [0.29, 0.717) is 22.5 Å². The van der Waals surface area contributed by atoms with E-state index >= 15 is 0 Å². The van der Waals surface area contributed by atoms with Crippen molar-refractivity contribution >= 4 is 32.5 Å². The van der Waals surface area contributed by atoms with Crippen LogP contribution in [0.2, 0.25) is 0 Å². The first-order valence-electron chi connectivity index (χ1n) is 11.2. The second kappa shape index (κ2) is 7.45. The van der Waals surface area contributed by atoms with Crippen molar-refractivity contribution in [1.29, 1.82) is 0 Å². The highest BCUT2D eigenvalue weighted by Crippen LogP contribution is 2.48. The molecule has 35 heavy (non-hydrogen) atoms. The summed E-state index contributed by atoms with van der Waals surface area (Å²) < 4.78 is 20.2. The van der Waals surface area contributed by atoms with Gasteiger partial charge in [0.1, 0.15) is 23.0 Å². The average Bonchev–Trinajstić information content (AvgIpc) is 3.37. The van der Waals surface area contributed by atoms with Gasteiger partial charge in [-0.3, -0.25) is 4.79 Å². The minimum atomic E-state index is -1.25. The van der Waals surface area contributed by atoms with E-state index in [-0.39, 0.29) is 5.78 Å². The van der Waals surface area contributed by atoms with Crippen LogP contribution in [0.15, 0.2) is 112 Å². The van der Waals surface area contributed by atoms with Crippen LogP contribution in [0.5, 0.6) is 11.5 Å². The third kappa shape index (κ3) is 3.08. The predicted molar refractivity (Wildman–Crippen MR) is 138 cm³/mol. The van der Waals surface area contributed by atoms with Crippen LogP contribution in [0.3, 0.4) is 0 Å². The average molecular weight is 521 g/mol. The minimum Gasteiger partial charge on any atom is -0.456 e. The normalized spacial score (nSPS) is 15.1. The maximum Gasteiger partial charge on any atom is 0.299 e. The van der Waals surface area contributed by atoms with Crippen molar-refractivity contribution in [3.05, 3.63) is 119 Å². The predicted octanol–water partition coefficient (Wildman–Crippen LogP) is 7.91. The fourth-order valence-corrected chi connectivity index (χ4v) is 5.16. The van der Waals surface area contributed by atoms with Gasteiger partial charge in [-0.1, -0.05) is 70.5 Å². The monoisotopic (exact) mass is 520 g/mol. The van der Waals surface area contributed by atoms with Gasteiger partial charge in [-0.25, -0.2) is 0 Å². The molecule has 2 heterocycles. The Bertz CT molecular complexity index is 1640. The molecule has 1 spiro atoms. The SMILES string of the molecule is O=C1C=CC2(Oc3cccc4cccc(c34)O2)c2cccc(-c3ccc(-c4ccc(Br)cc4)o3)c21. The number of hydrogen-bond donors (Lipinski definition) is 0. The number of ether oxygens (including phenoxy) is 2. The zero-order chi connectivity index (χ0) is 23.6. The van der Waals surface area contributed by atoms with Crippen molar-refractivity contribution in [2.24, 2.45) is 0 Å². The number of carbonyl (C=O) groups excluding carboxylic acids is 1. The number of allylic oxidation sites excluding steroid dienone is 1. The molecule has 0 unspecified atom stereocenters. The quantitative estimate of drug-likeness (QED) is 0.237. The van der Waals surface area contributed by atoms with Gasteiger partial charge < -0.3 is 13.9 Å². The first kappa shape index (κ1) is 20.3. The highest BCUT2D eigenvalue weighted by molar-refractivity contribution is 9.10. The highest BCUT2D eigenvalue weighted by atomic mass is 79.9. The molecule has 4 nitrogen and oxygen atoms in total. The lowest BCUT2D eigenvalue weighted by Gasteiger charge is -2.39. The first-order valence-corrected chi connectivity index (χ1v) is 12.0. The van der Waals surface area contributed by atoms with Crippen LogP contribution in [0, 0.1) is 0 Å². The molecule has 0 saturated heterocycles. The Balaban J connectivity index is 1.37. The third-order valence-electron chi connectivity index (χ3n) is 6.49. The second-order valence-corrected chi connectivity index (χ2v) is 9.49. The molecule has 4 aromatic carbocycles. The van der Waals surface area contributed by atoms with E-state index in [1.54, 1.807) is 6.08 Å². The van der Waals surface area contributed by atoms with Gasteiger partial charge in [0, 0.05) is 27.2 Å². The molecule has 0 N–H and O–H groups in total. The Morgan fingerprint density at radius 2 is 1.40 bits per heavy atom. The molecule has 2 aliphatic rings. The molecule has 5 heteroatoms. The number of carbonyl (C=O) groups is 1. The maximum absolute atomic E-state index is 13.2. The summed E-state index contributed by atoms with van der Waals surface area (Å²) in [6, 6.07) is 29.2. The highest BCUT2D eigenvalue weighted by Gasteiger charge is 2.45. The van der Waals surface area contributed by atoms with E-state index in [2.05, 4.69) is 15.9 Å². The topological polar surface area (TPSA) is 48.7 Å². The molecule has 0 atom stereocenters. The Kier molecular flexibility index (Phi) is 4.32. The number of furan rings is 1. The van der Waals surface area contributed by atoms with E-state index in [1.165, 1.54) is 6.08 Å². The molecule has 0 fully saturated rings. The fourth-order valence-electron chi connectivity index (χ4n) is 4.89. The molecule has 1 aliphatic heterocycles. The smallest absolute Gasteiger partial charge is 0.299 e. The molecule has 168 valence electrons. The Morgan fingerprint density at radius 1 is 0.714 bits per heavy atom. The van der Waals surface area contributed by atoms with E-state index in [0.717, 1.165) is 38.1 Å². The van der Waals surface area contributed by atoms with E-state index in [9.17, 15) is 4.79 Å². The van der Waals surface area contributed by atoms with E-state index < -0.39 is 5.79 Å². The molecular weight excluding hydrogens is 504 g/mol. The van der Waals surface area contributed by atoms with Gasteiger partial charge in [-0.05, 0) is 47.9 Å². The Labute approximate surface area is 209 Å². The Hall–Kier alpha value is -4.09. The molecule has 0 radical (unpaired) electrons. The maximum atomic E-state index is 13.2. The summed E-state index contributed by atoms with van der Waals surface area (Å²) >= 11 is 3.46. The number of halogens is 1. The lowest BCUT2D eigenvalue weighted by molar-refractivity contribution is -0.0838. The zero-order valence-electron chi connectivity index (χ0n) is 18.3. The van der Waals surface area contributed by atoms with Gasteiger partial charge in [-0.2, -0.15) is 0 Å². The second-order valence-electron chi connectivity index (χ2n) is 8.58. The molecule has 7 rings (SSSR count). The summed E-state index contributed by atoms with van der Waals surface area (Å²) in [7, 11) is 0. The molecule has 5 aromatic rings. The zero-order valence-corrected chi connectivity index (χ0v) is 19.9. The lowest BCUT2D eigenvalue weighted by atomic mass is 9.86. The number of benzene rings is 4. The van der Waals surface area contributed by atoms with Crippen LogP contribution in [0.4, 0.5) is 0 Å². The molecular formula is C30H17BrO4. The molecule has 1 aromatic heterocycles. The molecule has 1 aliphatic carbocycles. The van der Waals surface area contributed by atoms with Crippen molar-refractivity contribution in [3.63, 3.8) is 0 Å². The third-order valence-corrected chi connectivity index (χ3v) is 7.02. The van der Waals surface area contributed by atoms with Gasteiger partial charge in [0.15, 0.2) is 5.78 Å². The molecule has 0 saturated carbocycles. The number of rotatable bonds is 2. The summed E-state index contributed by atoms with van der Waals surface area (Å²) in [4.78, 5) is 13.2. The van der Waals surface area contributed by atoms with E-state index in [1.807, 2.05) is 91.0 Å². The van der Waals surface area contributed by atoms with Crippen LogP contribution < -0.4 is 9.47 Å². The van der Waals surface area contributed by atoms with Crippen molar-refractivity contribution in [2.45, 2.75) is 5.79 Å². The van der Waals surface area contributed by atoms with Crippen LogP contribution in [0.1, 0.15) is 15.9 Å². The number of ketones is 1. The van der Waals surface area contributed by atoms with Gasteiger partial charge in [-0.15, -0.1) is 0 Å². The molecule has 0 bridgehead atoms. The number of fused-ring (bicyclic) bond motifs is 2. The lowest BCUT2D eigenvalue weighted by Crippen LogP contribution is -2.42. The van der Waals surface area contributed by atoms with Crippen LogP contribution in [-0.2, 0) is 5.79 Å². The van der Waals surface area contributed by atoms with Crippen molar-refractivity contribution in [1.82, 2.24) is 0 Å².